The minimum Gasteiger partial charge on any atom is -0.371 e. The molecule has 2 heterocycles. The number of sulfonamides is 2. The molecule has 2 saturated heterocycles. The molecule has 8 nitrogen and oxygen atoms in total. The van der Waals surface area contributed by atoms with Crippen molar-refractivity contribution in [2.45, 2.75) is 116 Å². The van der Waals surface area contributed by atoms with E-state index in [4.69, 9.17) is 9.47 Å². The lowest BCUT2D eigenvalue weighted by molar-refractivity contribution is -0.113. The Balaban J connectivity index is 2.20. The van der Waals surface area contributed by atoms with Gasteiger partial charge in [-0.05, 0) is 39.8 Å². The summed E-state index contributed by atoms with van der Waals surface area (Å²) in [7, 11) is -9.75. The van der Waals surface area contributed by atoms with Crippen molar-refractivity contribution in [2.75, 3.05) is 24.6 Å². The molecule has 0 bridgehead atoms. The van der Waals surface area contributed by atoms with Crippen LogP contribution < -0.4 is 0 Å². The Hall–Kier alpha value is 0.174. The average molecular weight is 557 g/mol. The van der Waals surface area contributed by atoms with Crippen molar-refractivity contribution >= 4 is 36.2 Å². The Kier molecular flexibility index (Phi) is 9.73. The van der Waals surface area contributed by atoms with Gasteiger partial charge in [0.2, 0.25) is 20.0 Å². The highest BCUT2D eigenvalue weighted by molar-refractivity contribution is 7.89. The van der Waals surface area contributed by atoms with Crippen LogP contribution in [0.2, 0.25) is 51.4 Å². The Labute approximate surface area is 210 Å². The van der Waals surface area contributed by atoms with Crippen LogP contribution in [0.15, 0.2) is 0 Å². The van der Waals surface area contributed by atoms with E-state index in [1.165, 1.54) is 8.61 Å². The number of nitrogens with zero attached hydrogens (tertiary/aromatic N) is 2. The van der Waals surface area contributed by atoms with E-state index in [9.17, 15) is 16.8 Å². The maximum Gasteiger partial charge on any atom is 0.214 e. The molecule has 2 aliphatic heterocycles. The Bertz CT molecular complexity index is 823. The summed E-state index contributed by atoms with van der Waals surface area (Å²) >= 11 is 0. The molecule has 0 aromatic carbocycles. The highest BCUT2D eigenvalue weighted by Crippen LogP contribution is 2.38. The van der Waals surface area contributed by atoms with Crippen molar-refractivity contribution < 1.29 is 26.3 Å². The van der Waals surface area contributed by atoms with Crippen LogP contribution in [0, 0.1) is 0 Å². The fourth-order valence-electron chi connectivity index (χ4n) is 3.96. The topological polar surface area (TPSA) is 92.8 Å². The van der Waals surface area contributed by atoms with Crippen LogP contribution in [0.4, 0.5) is 0 Å². The average Bonchev–Trinajstić information content (AvgIpc) is 3.52. The molecule has 2 rings (SSSR count). The molecule has 2 unspecified atom stereocenters. The quantitative estimate of drug-likeness (QED) is 0.227. The molecule has 2 aliphatic rings. The van der Waals surface area contributed by atoms with Crippen LogP contribution in [0.5, 0.6) is 0 Å². The fraction of sp³-hybridized carbons (Fsp3) is 1.00. The number of ether oxygens (including phenoxy) is 2. The highest BCUT2D eigenvalue weighted by Gasteiger charge is 2.58. The molecule has 0 aromatic heterocycles. The molecule has 0 radical (unpaired) electrons. The van der Waals surface area contributed by atoms with Crippen molar-refractivity contribution in [1.29, 1.82) is 0 Å². The maximum atomic E-state index is 13.0. The van der Waals surface area contributed by atoms with Crippen LogP contribution in [0.25, 0.3) is 0 Å². The summed E-state index contributed by atoms with van der Waals surface area (Å²) in [6.45, 7) is 21.5. The molecule has 6 atom stereocenters. The molecular weight excluding hydrogens is 509 g/mol. The second-order valence-electron chi connectivity index (χ2n) is 12.8. The predicted molar refractivity (Wildman–Crippen MR) is 145 cm³/mol. The lowest BCUT2D eigenvalue weighted by Gasteiger charge is -2.31. The van der Waals surface area contributed by atoms with Crippen molar-refractivity contribution in [2.24, 2.45) is 0 Å². The zero-order valence-electron chi connectivity index (χ0n) is 22.9. The summed E-state index contributed by atoms with van der Waals surface area (Å²) in [4.78, 5) is 0. The van der Waals surface area contributed by atoms with Gasteiger partial charge in [0.15, 0.2) is 0 Å². The third-order valence-corrected chi connectivity index (χ3v) is 14.0. The molecule has 0 aromatic rings. The second kappa shape index (κ2) is 10.9. The Morgan fingerprint density at radius 2 is 0.971 bits per heavy atom. The lowest BCUT2D eigenvalue weighted by Crippen LogP contribution is -2.46. The first kappa shape index (κ1) is 30.4. The predicted octanol–water partition coefficient (Wildman–Crippen LogP) is 3.28. The molecule has 2 fully saturated rings. The Morgan fingerprint density at radius 3 is 1.21 bits per heavy atom. The van der Waals surface area contributed by atoms with Crippen molar-refractivity contribution in [1.82, 2.24) is 8.61 Å². The van der Waals surface area contributed by atoms with Crippen LogP contribution in [-0.4, -0.2) is 103 Å². The van der Waals surface area contributed by atoms with Crippen LogP contribution in [0.3, 0.4) is 0 Å². The summed E-state index contributed by atoms with van der Waals surface area (Å²) in [5, 5.41) is 0. The van der Waals surface area contributed by atoms with Gasteiger partial charge in [0, 0.05) is 29.2 Å². The monoisotopic (exact) mass is 556 g/mol. The van der Waals surface area contributed by atoms with Gasteiger partial charge < -0.3 is 9.47 Å². The first-order valence-corrected chi connectivity index (χ1v) is 23.2. The van der Waals surface area contributed by atoms with E-state index in [2.05, 4.69) is 39.3 Å². The van der Waals surface area contributed by atoms with Crippen molar-refractivity contribution in [3.8, 4) is 0 Å². The van der Waals surface area contributed by atoms with E-state index in [0.717, 1.165) is 0 Å². The zero-order valence-corrected chi connectivity index (χ0v) is 26.5. The van der Waals surface area contributed by atoms with Crippen LogP contribution in [-0.2, 0) is 29.5 Å². The van der Waals surface area contributed by atoms with Gasteiger partial charge in [-0.3, -0.25) is 0 Å². The summed E-state index contributed by atoms with van der Waals surface area (Å²) in [6.07, 6.45) is -1.28. The smallest absolute Gasteiger partial charge is 0.214 e. The van der Waals surface area contributed by atoms with Crippen LogP contribution in [0.1, 0.15) is 27.7 Å². The fourth-order valence-corrected chi connectivity index (χ4v) is 13.2. The Morgan fingerprint density at radius 1 is 0.676 bits per heavy atom. The number of hydrogen-bond donors (Lipinski definition) is 0. The molecule has 0 aliphatic carbocycles. The van der Waals surface area contributed by atoms with E-state index < -0.39 is 48.4 Å². The molecule has 0 spiro atoms. The van der Waals surface area contributed by atoms with Gasteiger partial charge in [-0.25, -0.2) is 16.8 Å². The third kappa shape index (κ3) is 9.24. The first-order valence-electron chi connectivity index (χ1n) is 12.5. The molecule has 34 heavy (non-hydrogen) atoms. The van der Waals surface area contributed by atoms with Gasteiger partial charge in [0.25, 0.3) is 0 Å². The number of rotatable bonds is 15. The highest BCUT2D eigenvalue weighted by atomic mass is 32.2. The normalized spacial score (nSPS) is 27.8. The number of hydrogen-bond acceptors (Lipinski definition) is 6. The lowest BCUT2D eigenvalue weighted by atomic mass is 10.1. The minimum atomic E-state index is -3.38. The standard InChI is InChI=1S/C22H48N2O6S2Si2/c1-17(2)29-21(19-15-23(19)31(25,26)11-13-33(5,6)7)22(30-18(3)4)20-16-24(20)32(27,28)12-14-34(8,9)10/h17-22H,11-16H2,1-10H3/t19-,20-,21+,22+,23?,24?/m0/s1. The van der Waals surface area contributed by atoms with Gasteiger partial charge in [-0.2, -0.15) is 8.61 Å². The molecule has 0 amide bonds. The largest absolute Gasteiger partial charge is 0.371 e. The van der Waals surface area contributed by atoms with Gasteiger partial charge in [-0.1, -0.05) is 39.3 Å². The molecule has 0 N–H and O–H groups in total. The van der Waals surface area contributed by atoms with Crippen molar-refractivity contribution in [3.05, 3.63) is 0 Å². The second-order valence-corrected chi connectivity index (χ2v) is 28.2. The summed E-state index contributed by atoms with van der Waals surface area (Å²) in [6, 6.07) is 0.799. The maximum absolute atomic E-state index is 13.0. The minimum absolute atomic E-state index is 0.133. The van der Waals surface area contributed by atoms with Gasteiger partial charge >= 0.3 is 0 Å². The van der Waals surface area contributed by atoms with E-state index in [1.807, 2.05) is 27.7 Å². The SMILES string of the molecule is CC(C)O[C@@H]([C@H](OC(C)C)[C@@H]1CN1S(=O)(=O)CC[Si](C)(C)C)[C@@H]1CN1S(=O)(=O)CC[Si](C)(C)C. The summed E-state index contributed by atoms with van der Waals surface area (Å²) in [5.74, 6) is 0.313. The van der Waals surface area contributed by atoms with E-state index in [1.54, 1.807) is 0 Å². The van der Waals surface area contributed by atoms with Gasteiger partial charge in [0.05, 0.1) is 35.8 Å². The van der Waals surface area contributed by atoms with E-state index in [0.29, 0.717) is 25.2 Å². The van der Waals surface area contributed by atoms with Crippen LogP contribution >= 0.6 is 0 Å². The molecule has 0 saturated carbocycles. The van der Waals surface area contributed by atoms with E-state index in [-0.39, 0.29) is 35.8 Å². The summed E-state index contributed by atoms with van der Waals surface area (Å²) < 4.78 is 67.6. The van der Waals surface area contributed by atoms with E-state index >= 15 is 0 Å². The zero-order chi connectivity index (χ0) is 26.3. The summed E-state index contributed by atoms with van der Waals surface area (Å²) in [5.41, 5.74) is 0. The van der Waals surface area contributed by atoms with Crippen molar-refractivity contribution in [3.63, 3.8) is 0 Å². The first-order chi connectivity index (χ1) is 15.2. The van der Waals surface area contributed by atoms with Gasteiger partial charge in [0.1, 0.15) is 12.2 Å². The molecule has 12 heteroatoms. The third-order valence-electron chi connectivity index (χ3n) is 6.08. The van der Waals surface area contributed by atoms with Gasteiger partial charge in [-0.15, -0.1) is 0 Å². The molecule has 202 valence electrons. The molecular formula is C22H48N2O6S2Si2.